The number of aryl methyl sites for hydroxylation is 1. The molecule has 2 N–H and O–H groups in total. The summed E-state index contributed by atoms with van der Waals surface area (Å²) in [7, 11) is 0. The van der Waals surface area contributed by atoms with Crippen molar-refractivity contribution in [2.24, 2.45) is 0 Å². The number of morpholine rings is 1. The van der Waals surface area contributed by atoms with Crippen LogP contribution in [0.15, 0.2) is 12.1 Å². The Morgan fingerprint density at radius 2 is 2.21 bits per heavy atom. The molecule has 2 rings (SSSR count). The van der Waals surface area contributed by atoms with E-state index < -0.39 is 17.2 Å². The quantitative estimate of drug-likeness (QED) is 0.881. The Morgan fingerprint density at radius 3 is 2.84 bits per heavy atom. The molecule has 5 heteroatoms. The lowest BCUT2D eigenvalue weighted by Gasteiger charge is -2.32. The van der Waals surface area contributed by atoms with E-state index in [0.717, 1.165) is 0 Å². The third-order valence-electron chi connectivity index (χ3n) is 3.47. The zero-order chi connectivity index (χ0) is 14.0. The van der Waals surface area contributed by atoms with Crippen molar-refractivity contribution < 1.29 is 18.6 Å². The molecule has 0 aliphatic carbocycles. The van der Waals surface area contributed by atoms with E-state index in [2.05, 4.69) is 5.32 Å². The first-order chi connectivity index (χ1) is 8.92. The van der Waals surface area contributed by atoms with Crippen LogP contribution < -0.4 is 5.32 Å². The molecule has 0 aromatic heterocycles. The van der Waals surface area contributed by atoms with E-state index in [-0.39, 0.29) is 18.0 Å². The van der Waals surface area contributed by atoms with Crippen molar-refractivity contribution in [1.82, 2.24) is 5.32 Å². The second kappa shape index (κ2) is 5.53. The van der Waals surface area contributed by atoms with Gasteiger partial charge in [-0.05, 0) is 31.9 Å². The minimum Gasteiger partial charge on any atom is -0.385 e. The molecule has 0 amide bonds. The van der Waals surface area contributed by atoms with Crippen LogP contribution in [0.5, 0.6) is 0 Å². The fraction of sp³-hybridized carbons (Fsp3) is 0.571. The second-order valence-electron chi connectivity index (χ2n) is 5.26. The van der Waals surface area contributed by atoms with Crippen LogP contribution in [0, 0.1) is 18.6 Å². The van der Waals surface area contributed by atoms with Gasteiger partial charge in [0.2, 0.25) is 0 Å². The van der Waals surface area contributed by atoms with Gasteiger partial charge in [0.15, 0.2) is 0 Å². The van der Waals surface area contributed by atoms with E-state index in [0.29, 0.717) is 25.3 Å². The molecule has 1 aromatic rings. The molecule has 106 valence electrons. The minimum atomic E-state index is -1.57. The van der Waals surface area contributed by atoms with Crippen LogP contribution >= 0.6 is 0 Å². The first kappa shape index (κ1) is 14.4. The summed E-state index contributed by atoms with van der Waals surface area (Å²) >= 11 is 0. The molecule has 2 atom stereocenters. The van der Waals surface area contributed by atoms with Gasteiger partial charge in [-0.25, -0.2) is 8.78 Å². The molecule has 1 saturated heterocycles. The maximum atomic E-state index is 14.1. The van der Waals surface area contributed by atoms with Crippen LogP contribution in [0.3, 0.4) is 0 Å². The number of hydrogen-bond acceptors (Lipinski definition) is 3. The van der Waals surface area contributed by atoms with E-state index in [1.54, 1.807) is 6.92 Å². The second-order valence-corrected chi connectivity index (χ2v) is 5.26. The van der Waals surface area contributed by atoms with Crippen LogP contribution in [0.4, 0.5) is 8.78 Å². The van der Waals surface area contributed by atoms with Gasteiger partial charge in [0.25, 0.3) is 0 Å². The topological polar surface area (TPSA) is 41.5 Å². The molecule has 3 nitrogen and oxygen atoms in total. The molecule has 1 heterocycles. The van der Waals surface area contributed by atoms with E-state index in [4.69, 9.17) is 4.74 Å². The highest BCUT2D eigenvalue weighted by Gasteiger charge is 2.34. The third kappa shape index (κ3) is 3.11. The standard InChI is InChI=1S/C14H19F2NO2/c1-9-3-4-11(15)12(13(9)16)14(2,18)7-10-8-19-6-5-17-10/h3-4,10,17-18H,5-8H2,1-2H3. The predicted molar refractivity (Wildman–Crippen MR) is 67.9 cm³/mol. The van der Waals surface area contributed by atoms with Crippen LogP contribution in [-0.2, 0) is 10.3 Å². The Kier molecular flexibility index (Phi) is 4.18. The minimum absolute atomic E-state index is 0.108. The fourth-order valence-corrected chi connectivity index (χ4v) is 2.48. The molecule has 1 aliphatic rings. The lowest BCUT2D eigenvalue weighted by Crippen LogP contribution is -2.45. The summed E-state index contributed by atoms with van der Waals surface area (Å²) < 4.78 is 33.2. The molecule has 0 spiro atoms. The molecule has 1 aromatic carbocycles. The average molecular weight is 271 g/mol. The summed E-state index contributed by atoms with van der Waals surface area (Å²) in [5.41, 5.74) is -1.51. The molecular weight excluding hydrogens is 252 g/mol. The summed E-state index contributed by atoms with van der Waals surface area (Å²) in [6, 6.07) is 2.45. The molecule has 0 saturated carbocycles. The summed E-state index contributed by atoms with van der Waals surface area (Å²) in [5, 5.41) is 13.6. The smallest absolute Gasteiger partial charge is 0.135 e. The van der Waals surface area contributed by atoms with Crippen molar-refractivity contribution in [1.29, 1.82) is 0 Å². The normalized spacial score (nSPS) is 23.1. The summed E-state index contributed by atoms with van der Waals surface area (Å²) in [4.78, 5) is 0. The summed E-state index contributed by atoms with van der Waals surface area (Å²) in [6.45, 7) is 4.72. The van der Waals surface area contributed by atoms with Gasteiger partial charge >= 0.3 is 0 Å². The summed E-state index contributed by atoms with van der Waals surface area (Å²) in [6.07, 6.45) is 0.199. The van der Waals surface area contributed by atoms with E-state index in [1.807, 2.05) is 0 Å². The Hall–Kier alpha value is -1.04. The van der Waals surface area contributed by atoms with Gasteiger partial charge < -0.3 is 15.2 Å². The lowest BCUT2D eigenvalue weighted by atomic mass is 9.87. The highest BCUT2D eigenvalue weighted by Crippen LogP contribution is 2.32. The van der Waals surface area contributed by atoms with Gasteiger partial charge in [0.1, 0.15) is 11.6 Å². The van der Waals surface area contributed by atoms with Crippen molar-refractivity contribution in [3.63, 3.8) is 0 Å². The van der Waals surface area contributed by atoms with Gasteiger partial charge in [0.05, 0.1) is 24.4 Å². The third-order valence-corrected chi connectivity index (χ3v) is 3.47. The highest BCUT2D eigenvalue weighted by atomic mass is 19.1. The van der Waals surface area contributed by atoms with Gasteiger partial charge in [-0.15, -0.1) is 0 Å². The van der Waals surface area contributed by atoms with Gasteiger partial charge in [-0.3, -0.25) is 0 Å². The van der Waals surface area contributed by atoms with Gasteiger partial charge in [-0.2, -0.15) is 0 Å². The molecule has 0 bridgehead atoms. The number of ether oxygens (including phenoxy) is 1. The lowest BCUT2D eigenvalue weighted by molar-refractivity contribution is -0.00124. The number of nitrogens with one attached hydrogen (secondary N) is 1. The zero-order valence-electron chi connectivity index (χ0n) is 11.2. The number of aliphatic hydroxyl groups is 1. The van der Waals surface area contributed by atoms with Crippen molar-refractivity contribution >= 4 is 0 Å². The largest absolute Gasteiger partial charge is 0.385 e. The number of halogens is 2. The van der Waals surface area contributed by atoms with Crippen molar-refractivity contribution in [2.45, 2.75) is 31.9 Å². The van der Waals surface area contributed by atoms with E-state index in [1.165, 1.54) is 19.1 Å². The molecule has 1 fully saturated rings. The number of benzene rings is 1. The van der Waals surface area contributed by atoms with E-state index in [9.17, 15) is 13.9 Å². The van der Waals surface area contributed by atoms with Gasteiger partial charge in [-0.1, -0.05) is 6.07 Å². The highest BCUT2D eigenvalue weighted by molar-refractivity contribution is 5.31. The Labute approximate surface area is 111 Å². The molecule has 2 unspecified atom stereocenters. The van der Waals surface area contributed by atoms with Crippen molar-refractivity contribution in [2.75, 3.05) is 19.8 Å². The molecule has 1 aliphatic heterocycles. The predicted octanol–water partition coefficient (Wildman–Crippen LogP) is 1.86. The number of hydrogen-bond donors (Lipinski definition) is 2. The average Bonchev–Trinajstić information content (AvgIpc) is 2.35. The molecule has 19 heavy (non-hydrogen) atoms. The van der Waals surface area contributed by atoms with E-state index >= 15 is 0 Å². The van der Waals surface area contributed by atoms with Crippen molar-refractivity contribution in [3.8, 4) is 0 Å². The maximum absolute atomic E-state index is 14.1. The Bertz CT molecular complexity index is 457. The first-order valence-corrected chi connectivity index (χ1v) is 6.40. The van der Waals surface area contributed by atoms with Crippen molar-refractivity contribution in [3.05, 3.63) is 34.9 Å². The maximum Gasteiger partial charge on any atom is 0.135 e. The fourth-order valence-electron chi connectivity index (χ4n) is 2.48. The Balaban J connectivity index is 2.25. The van der Waals surface area contributed by atoms with Crippen LogP contribution in [-0.4, -0.2) is 30.9 Å². The first-order valence-electron chi connectivity index (χ1n) is 6.40. The van der Waals surface area contributed by atoms with Crippen LogP contribution in [0.2, 0.25) is 0 Å². The number of rotatable bonds is 3. The SMILES string of the molecule is Cc1ccc(F)c(C(C)(O)CC2COCCN2)c1F. The Morgan fingerprint density at radius 1 is 1.47 bits per heavy atom. The monoisotopic (exact) mass is 271 g/mol. The molecular formula is C14H19F2NO2. The van der Waals surface area contributed by atoms with Crippen LogP contribution in [0.25, 0.3) is 0 Å². The van der Waals surface area contributed by atoms with Gasteiger partial charge in [0, 0.05) is 12.6 Å². The summed E-state index contributed by atoms with van der Waals surface area (Å²) in [5.74, 6) is -1.40. The van der Waals surface area contributed by atoms with Crippen LogP contribution in [0.1, 0.15) is 24.5 Å². The zero-order valence-corrected chi connectivity index (χ0v) is 11.2. The molecule has 0 radical (unpaired) electrons.